The van der Waals surface area contributed by atoms with Gasteiger partial charge in [0.15, 0.2) is 0 Å². The summed E-state index contributed by atoms with van der Waals surface area (Å²) in [4.78, 5) is 0. The van der Waals surface area contributed by atoms with Crippen LogP contribution in [0.2, 0.25) is 0 Å². The highest BCUT2D eigenvalue weighted by atomic mass is 31.2. The van der Waals surface area contributed by atoms with Gasteiger partial charge in [0.25, 0.3) is 0 Å². The molecule has 0 aromatic heterocycles. The molecule has 21 heavy (non-hydrogen) atoms. The number of nitrogens with one attached hydrogen (secondary N) is 1. The van der Waals surface area contributed by atoms with Crippen molar-refractivity contribution in [3.8, 4) is 0 Å². The van der Waals surface area contributed by atoms with Crippen LogP contribution in [0.4, 0.5) is 0 Å². The van der Waals surface area contributed by atoms with Crippen LogP contribution in [0.5, 0.6) is 0 Å². The van der Waals surface area contributed by atoms with E-state index in [0.29, 0.717) is 13.2 Å². The van der Waals surface area contributed by atoms with E-state index in [2.05, 4.69) is 17.4 Å². The fraction of sp³-hybridized carbons (Fsp3) is 0.625. The van der Waals surface area contributed by atoms with E-state index in [1.165, 1.54) is 5.56 Å². The molecule has 0 radical (unpaired) electrons. The highest BCUT2D eigenvalue weighted by Crippen LogP contribution is 2.63. The van der Waals surface area contributed by atoms with Crippen LogP contribution in [0.15, 0.2) is 30.3 Å². The van der Waals surface area contributed by atoms with E-state index in [-0.39, 0.29) is 0 Å². The Hall–Kier alpha value is -0.670. The summed E-state index contributed by atoms with van der Waals surface area (Å²) in [5, 5.41) is 2.90. The van der Waals surface area contributed by atoms with Gasteiger partial charge in [-0.2, -0.15) is 0 Å². The Bertz CT molecular complexity index is 462. The number of hydrogen-bond donors (Lipinski definition) is 1. The maximum absolute atomic E-state index is 13.3. The van der Waals surface area contributed by atoms with Crippen LogP contribution in [-0.2, 0) is 20.0 Å². The van der Waals surface area contributed by atoms with Gasteiger partial charge in [-0.05, 0) is 51.6 Å². The monoisotopic (exact) mass is 311 g/mol. The molecule has 1 aliphatic heterocycles. The molecule has 0 aliphatic carbocycles. The fourth-order valence-corrected chi connectivity index (χ4v) is 5.37. The lowest BCUT2D eigenvalue weighted by atomic mass is 10.0. The molecular weight excluding hydrogens is 285 g/mol. The smallest absolute Gasteiger partial charge is 0.308 e. The zero-order chi connectivity index (χ0) is 15.2. The van der Waals surface area contributed by atoms with E-state index in [1.54, 1.807) is 0 Å². The lowest BCUT2D eigenvalue weighted by Crippen LogP contribution is -2.41. The number of aryl methyl sites for hydroxylation is 1. The van der Waals surface area contributed by atoms with E-state index < -0.39 is 12.9 Å². The normalized spacial score (nSPS) is 22.6. The standard InChI is InChI=1S/C16H26NO3P/c1-3-19-21(18,20-4-2)16(12-8-14-17-16)13-11-15-9-6-5-7-10-15/h5-7,9-10,17H,3-4,8,11-14H2,1-2H3. The second-order valence-electron chi connectivity index (χ2n) is 5.38. The van der Waals surface area contributed by atoms with Crippen LogP contribution in [0.3, 0.4) is 0 Å². The van der Waals surface area contributed by atoms with Crippen LogP contribution >= 0.6 is 7.60 Å². The van der Waals surface area contributed by atoms with Crippen LogP contribution in [-0.4, -0.2) is 25.0 Å². The second kappa shape index (κ2) is 7.55. The molecule has 0 saturated carbocycles. The first-order chi connectivity index (χ1) is 10.2. The van der Waals surface area contributed by atoms with Crippen molar-refractivity contribution in [3.05, 3.63) is 35.9 Å². The van der Waals surface area contributed by atoms with Crippen molar-refractivity contribution >= 4 is 7.60 Å². The Labute approximate surface area is 127 Å². The summed E-state index contributed by atoms with van der Waals surface area (Å²) >= 11 is 0. The quantitative estimate of drug-likeness (QED) is 0.738. The molecule has 1 aromatic carbocycles. The van der Waals surface area contributed by atoms with E-state index in [1.807, 2.05) is 32.0 Å². The van der Waals surface area contributed by atoms with Gasteiger partial charge in [-0.3, -0.25) is 4.57 Å². The molecular formula is C16H26NO3P. The van der Waals surface area contributed by atoms with Gasteiger partial charge in [0, 0.05) is 0 Å². The zero-order valence-corrected chi connectivity index (χ0v) is 13.9. The Morgan fingerprint density at radius 2 is 1.86 bits per heavy atom. The maximum atomic E-state index is 13.3. The maximum Gasteiger partial charge on any atom is 0.350 e. The summed E-state index contributed by atoms with van der Waals surface area (Å²) in [6.45, 7) is 5.42. The van der Waals surface area contributed by atoms with Crippen molar-refractivity contribution < 1.29 is 13.6 Å². The largest absolute Gasteiger partial charge is 0.350 e. The summed E-state index contributed by atoms with van der Waals surface area (Å²) in [5.74, 6) is 0. The first kappa shape index (κ1) is 16.7. The summed E-state index contributed by atoms with van der Waals surface area (Å²) in [7, 11) is -3.15. The van der Waals surface area contributed by atoms with Crippen molar-refractivity contribution in [1.29, 1.82) is 0 Å². The lowest BCUT2D eigenvalue weighted by molar-refractivity contribution is 0.187. The molecule has 1 unspecified atom stereocenters. The minimum atomic E-state index is -3.15. The van der Waals surface area contributed by atoms with Crippen LogP contribution in [0, 0.1) is 0 Å². The predicted molar refractivity (Wildman–Crippen MR) is 85.6 cm³/mol. The first-order valence-corrected chi connectivity index (χ1v) is 9.38. The fourth-order valence-electron chi connectivity index (χ4n) is 2.99. The van der Waals surface area contributed by atoms with E-state index in [9.17, 15) is 4.57 Å². The molecule has 2 rings (SSSR count). The van der Waals surface area contributed by atoms with E-state index in [0.717, 1.165) is 32.2 Å². The number of hydrogen-bond acceptors (Lipinski definition) is 4. The Morgan fingerprint density at radius 1 is 1.19 bits per heavy atom. The Balaban J connectivity index is 2.17. The third-order valence-corrected chi connectivity index (χ3v) is 6.86. The van der Waals surface area contributed by atoms with Gasteiger partial charge >= 0.3 is 7.60 Å². The van der Waals surface area contributed by atoms with Gasteiger partial charge in [-0.15, -0.1) is 0 Å². The van der Waals surface area contributed by atoms with Gasteiger partial charge in [-0.25, -0.2) is 0 Å². The Morgan fingerprint density at radius 3 is 2.38 bits per heavy atom. The summed E-state index contributed by atoms with van der Waals surface area (Å²) in [6, 6.07) is 10.3. The minimum Gasteiger partial charge on any atom is -0.308 e. The third kappa shape index (κ3) is 3.75. The van der Waals surface area contributed by atoms with Crippen molar-refractivity contribution in [2.75, 3.05) is 19.8 Å². The zero-order valence-electron chi connectivity index (χ0n) is 13.0. The Kier molecular flexibility index (Phi) is 6.00. The van der Waals surface area contributed by atoms with E-state index >= 15 is 0 Å². The minimum absolute atomic E-state index is 0.409. The highest BCUT2D eigenvalue weighted by molar-refractivity contribution is 7.55. The van der Waals surface area contributed by atoms with Gasteiger partial charge < -0.3 is 14.4 Å². The molecule has 1 aromatic rings. The summed E-state index contributed by atoms with van der Waals surface area (Å²) in [5.41, 5.74) is 1.25. The van der Waals surface area contributed by atoms with Crippen LogP contribution in [0.25, 0.3) is 0 Å². The van der Waals surface area contributed by atoms with Gasteiger partial charge in [-0.1, -0.05) is 30.3 Å². The number of benzene rings is 1. The predicted octanol–water partition coefficient (Wildman–Crippen LogP) is 3.97. The van der Waals surface area contributed by atoms with Crippen molar-refractivity contribution in [3.63, 3.8) is 0 Å². The van der Waals surface area contributed by atoms with Crippen molar-refractivity contribution in [2.45, 2.75) is 44.8 Å². The van der Waals surface area contributed by atoms with Crippen molar-refractivity contribution in [1.82, 2.24) is 5.32 Å². The average molecular weight is 311 g/mol. The molecule has 0 bridgehead atoms. The number of rotatable bonds is 8. The second-order valence-corrected chi connectivity index (χ2v) is 7.75. The third-order valence-electron chi connectivity index (χ3n) is 4.01. The average Bonchev–Trinajstić information content (AvgIpc) is 2.97. The van der Waals surface area contributed by atoms with Crippen LogP contribution in [0.1, 0.15) is 38.7 Å². The molecule has 1 saturated heterocycles. The molecule has 0 amide bonds. The molecule has 5 heteroatoms. The van der Waals surface area contributed by atoms with E-state index in [4.69, 9.17) is 9.05 Å². The SMILES string of the molecule is CCOP(=O)(OCC)C1(CCc2ccccc2)CCCN1. The lowest BCUT2D eigenvalue weighted by Gasteiger charge is -2.36. The van der Waals surface area contributed by atoms with Gasteiger partial charge in [0.05, 0.1) is 13.2 Å². The summed E-state index contributed by atoms with van der Waals surface area (Å²) < 4.78 is 24.5. The summed E-state index contributed by atoms with van der Waals surface area (Å²) in [6.07, 6.45) is 3.50. The molecule has 1 atom stereocenters. The molecule has 1 aliphatic rings. The van der Waals surface area contributed by atoms with Gasteiger partial charge in [0.2, 0.25) is 0 Å². The molecule has 1 heterocycles. The van der Waals surface area contributed by atoms with Crippen LogP contribution < -0.4 is 5.32 Å². The highest BCUT2D eigenvalue weighted by Gasteiger charge is 2.51. The molecule has 1 N–H and O–H groups in total. The molecule has 1 fully saturated rings. The molecule has 4 nitrogen and oxygen atoms in total. The molecule has 118 valence electrons. The first-order valence-electron chi connectivity index (χ1n) is 7.84. The molecule has 0 spiro atoms. The van der Waals surface area contributed by atoms with Crippen molar-refractivity contribution in [2.24, 2.45) is 0 Å². The van der Waals surface area contributed by atoms with Gasteiger partial charge in [0.1, 0.15) is 5.28 Å². The topological polar surface area (TPSA) is 47.6 Å².